The highest BCUT2D eigenvalue weighted by atomic mass is 19.3. The molecule has 1 aromatic rings. The third-order valence-electron chi connectivity index (χ3n) is 3.70. The van der Waals surface area contributed by atoms with Crippen molar-refractivity contribution < 1.29 is 28.3 Å². The van der Waals surface area contributed by atoms with Gasteiger partial charge < -0.3 is 20.1 Å². The van der Waals surface area contributed by atoms with E-state index in [1.165, 1.54) is 4.90 Å². The lowest BCUT2D eigenvalue weighted by Crippen LogP contribution is -2.43. The first-order valence-electron chi connectivity index (χ1n) is 7.30. The van der Waals surface area contributed by atoms with Crippen LogP contribution in [-0.2, 0) is 0 Å². The van der Waals surface area contributed by atoms with Crippen molar-refractivity contribution in [1.29, 1.82) is 0 Å². The number of amides is 2. The number of likely N-dealkylation sites (tertiary alicyclic amines) is 1. The van der Waals surface area contributed by atoms with Crippen molar-refractivity contribution in [2.24, 2.45) is 5.92 Å². The van der Waals surface area contributed by atoms with Crippen LogP contribution in [0.15, 0.2) is 18.2 Å². The van der Waals surface area contributed by atoms with Gasteiger partial charge in [-0.1, -0.05) is 0 Å². The molecule has 0 saturated carbocycles. The third kappa shape index (κ3) is 4.51. The normalized spacial score (nSPS) is 17.7. The van der Waals surface area contributed by atoms with Gasteiger partial charge in [-0.15, -0.1) is 0 Å². The number of halogens is 2. The molecule has 0 bridgehead atoms. The second kappa shape index (κ2) is 7.86. The zero-order chi connectivity index (χ0) is 17.7. The maximum absolute atomic E-state index is 12.4. The second-order valence-electron chi connectivity index (χ2n) is 5.38. The lowest BCUT2D eigenvalue weighted by molar-refractivity contribution is -0.384. The van der Waals surface area contributed by atoms with E-state index in [9.17, 15) is 28.8 Å². The van der Waals surface area contributed by atoms with Gasteiger partial charge in [0, 0.05) is 31.8 Å². The molecule has 1 saturated heterocycles. The zero-order valence-electron chi connectivity index (χ0n) is 12.7. The highest BCUT2D eigenvalue weighted by molar-refractivity contribution is 5.91. The van der Waals surface area contributed by atoms with Crippen LogP contribution in [0.4, 0.5) is 25.0 Å². The summed E-state index contributed by atoms with van der Waals surface area (Å²) in [5, 5.41) is 22.4. The predicted molar refractivity (Wildman–Crippen MR) is 80.1 cm³/mol. The minimum atomic E-state index is -3.13. The summed E-state index contributed by atoms with van der Waals surface area (Å²) in [6.07, 6.45) is 1.49. The van der Waals surface area contributed by atoms with Crippen molar-refractivity contribution in [2.75, 3.05) is 25.0 Å². The molecule has 2 N–H and O–H groups in total. The van der Waals surface area contributed by atoms with Crippen LogP contribution in [0.1, 0.15) is 12.8 Å². The van der Waals surface area contributed by atoms with Crippen molar-refractivity contribution in [3.05, 3.63) is 28.3 Å². The van der Waals surface area contributed by atoms with E-state index in [1.807, 2.05) is 0 Å². The highest BCUT2D eigenvalue weighted by Crippen LogP contribution is 2.31. The molecule has 0 radical (unpaired) electrons. The molecule has 1 atom stereocenters. The van der Waals surface area contributed by atoms with Crippen LogP contribution in [0.25, 0.3) is 0 Å². The van der Waals surface area contributed by atoms with Crippen LogP contribution in [-0.4, -0.2) is 47.3 Å². The minimum Gasteiger partial charge on any atom is -0.433 e. The fourth-order valence-electron chi connectivity index (χ4n) is 2.52. The molecule has 0 aliphatic carbocycles. The summed E-state index contributed by atoms with van der Waals surface area (Å²) in [5.41, 5.74) is -0.570. The van der Waals surface area contributed by atoms with Crippen LogP contribution < -0.4 is 10.1 Å². The summed E-state index contributed by atoms with van der Waals surface area (Å²) in [5.74, 6) is -0.411. The van der Waals surface area contributed by atoms with Gasteiger partial charge in [0.15, 0.2) is 0 Å². The molecule has 1 heterocycles. The average Bonchev–Trinajstić information content (AvgIpc) is 2.55. The Morgan fingerprint density at radius 2 is 2.29 bits per heavy atom. The van der Waals surface area contributed by atoms with Crippen LogP contribution >= 0.6 is 0 Å². The van der Waals surface area contributed by atoms with Crippen molar-refractivity contribution in [2.45, 2.75) is 19.5 Å². The fraction of sp³-hybridized carbons (Fsp3) is 0.500. The first-order chi connectivity index (χ1) is 11.4. The topological polar surface area (TPSA) is 105 Å². The van der Waals surface area contributed by atoms with E-state index >= 15 is 0 Å². The van der Waals surface area contributed by atoms with Gasteiger partial charge in [0.1, 0.15) is 5.75 Å². The van der Waals surface area contributed by atoms with Gasteiger partial charge >= 0.3 is 12.6 Å². The number of urea groups is 1. The Labute approximate surface area is 136 Å². The number of hydrogen-bond donors (Lipinski definition) is 2. The molecule has 1 aliphatic heterocycles. The number of piperidine rings is 1. The molecule has 0 spiro atoms. The van der Waals surface area contributed by atoms with E-state index in [0.717, 1.165) is 24.6 Å². The molecule has 0 aromatic heterocycles. The summed E-state index contributed by atoms with van der Waals surface area (Å²) in [4.78, 5) is 23.8. The predicted octanol–water partition coefficient (Wildman–Crippen LogP) is 2.43. The molecule has 10 heteroatoms. The number of ether oxygens (including phenoxy) is 1. The van der Waals surface area contributed by atoms with Gasteiger partial charge in [0.2, 0.25) is 0 Å². The van der Waals surface area contributed by atoms with E-state index in [4.69, 9.17) is 0 Å². The number of hydrogen-bond acceptors (Lipinski definition) is 5. The van der Waals surface area contributed by atoms with E-state index < -0.39 is 17.6 Å². The Morgan fingerprint density at radius 3 is 2.92 bits per heavy atom. The van der Waals surface area contributed by atoms with E-state index in [1.54, 1.807) is 0 Å². The molecule has 1 aliphatic rings. The number of anilines is 1. The second-order valence-corrected chi connectivity index (χ2v) is 5.38. The number of nitro groups is 1. The number of aliphatic hydroxyl groups is 1. The summed E-state index contributed by atoms with van der Waals surface area (Å²) >= 11 is 0. The molecule has 2 rings (SSSR count). The third-order valence-corrected chi connectivity index (χ3v) is 3.70. The Balaban J connectivity index is 2.17. The van der Waals surface area contributed by atoms with E-state index in [2.05, 4.69) is 10.1 Å². The van der Waals surface area contributed by atoms with Crippen LogP contribution in [0.5, 0.6) is 5.75 Å². The van der Waals surface area contributed by atoms with Crippen molar-refractivity contribution in [1.82, 2.24) is 4.90 Å². The summed E-state index contributed by atoms with van der Waals surface area (Å²) in [7, 11) is 0. The summed E-state index contributed by atoms with van der Waals surface area (Å²) < 4.78 is 29.2. The number of carbonyl (C=O) groups excluding carboxylic acids is 1. The number of aliphatic hydroxyl groups excluding tert-OH is 1. The SMILES string of the molecule is O=C(Nc1cc([N+](=O)[O-])ccc1OC(F)F)N1CCCC(CO)C1. The Morgan fingerprint density at radius 1 is 1.54 bits per heavy atom. The van der Waals surface area contributed by atoms with E-state index in [0.29, 0.717) is 19.5 Å². The number of nitro benzene ring substituents is 1. The van der Waals surface area contributed by atoms with Gasteiger partial charge in [0.25, 0.3) is 5.69 Å². The van der Waals surface area contributed by atoms with Gasteiger partial charge in [-0.25, -0.2) is 4.79 Å². The number of rotatable bonds is 5. The van der Waals surface area contributed by atoms with Gasteiger partial charge in [-0.2, -0.15) is 8.78 Å². The number of non-ortho nitro benzene ring substituents is 1. The molecule has 8 nitrogen and oxygen atoms in total. The lowest BCUT2D eigenvalue weighted by atomic mass is 9.99. The minimum absolute atomic E-state index is 0.0496. The zero-order valence-corrected chi connectivity index (χ0v) is 12.7. The molecular weight excluding hydrogens is 328 g/mol. The van der Waals surface area contributed by atoms with Crippen molar-refractivity contribution >= 4 is 17.4 Å². The number of alkyl halides is 2. The van der Waals surface area contributed by atoms with Crippen LogP contribution in [0.3, 0.4) is 0 Å². The fourth-order valence-corrected chi connectivity index (χ4v) is 2.52. The van der Waals surface area contributed by atoms with Crippen LogP contribution in [0.2, 0.25) is 0 Å². The maximum Gasteiger partial charge on any atom is 0.387 e. The smallest absolute Gasteiger partial charge is 0.387 e. The largest absolute Gasteiger partial charge is 0.433 e. The first kappa shape index (κ1) is 17.9. The first-order valence-corrected chi connectivity index (χ1v) is 7.30. The number of benzene rings is 1. The van der Waals surface area contributed by atoms with Gasteiger partial charge in [0.05, 0.1) is 10.6 Å². The monoisotopic (exact) mass is 345 g/mol. The summed E-state index contributed by atoms with van der Waals surface area (Å²) in [6.45, 7) is -2.42. The molecule has 1 fully saturated rings. The Bertz CT molecular complexity index is 614. The van der Waals surface area contributed by atoms with Crippen LogP contribution in [0, 0.1) is 16.0 Å². The molecule has 2 amide bonds. The van der Waals surface area contributed by atoms with E-state index in [-0.39, 0.29) is 29.6 Å². The van der Waals surface area contributed by atoms with Gasteiger partial charge in [-0.05, 0) is 24.8 Å². The molecule has 24 heavy (non-hydrogen) atoms. The number of carbonyl (C=O) groups is 1. The molecule has 1 unspecified atom stereocenters. The molecular formula is C14H17F2N3O5. The number of nitrogens with zero attached hydrogens (tertiary/aromatic N) is 2. The quantitative estimate of drug-likeness (QED) is 0.630. The van der Waals surface area contributed by atoms with Crippen molar-refractivity contribution in [3.8, 4) is 5.75 Å². The molecule has 132 valence electrons. The molecule has 1 aromatic carbocycles. The average molecular weight is 345 g/mol. The van der Waals surface area contributed by atoms with Crippen molar-refractivity contribution in [3.63, 3.8) is 0 Å². The standard InChI is InChI=1S/C14H17F2N3O5/c15-13(16)24-12-4-3-10(19(22)23)6-11(12)17-14(21)18-5-1-2-9(7-18)8-20/h3-4,6,9,13,20H,1-2,5,7-8H2,(H,17,21). The maximum atomic E-state index is 12.4. The Hall–Kier alpha value is -2.49. The van der Waals surface area contributed by atoms with Gasteiger partial charge in [-0.3, -0.25) is 10.1 Å². The number of nitrogens with one attached hydrogen (secondary N) is 1. The lowest BCUT2D eigenvalue weighted by Gasteiger charge is -2.31. The summed E-state index contributed by atoms with van der Waals surface area (Å²) in [6, 6.07) is 2.39. The Kier molecular flexibility index (Phi) is 5.85. The highest BCUT2D eigenvalue weighted by Gasteiger charge is 2.25.